The summed E-state index contributed by atoms with van der Waals surface area (Å²) in [6.07, 6.45) is 1.88. The molecule has 1 fully saturated rings. The van der Waals surface area contributed by atoms with Crippen LogP contribution in [0.1, 0.15) is 12.8 Å². The van der Waals surface area contributed by atoms with Crippen molar-refractivity contribution >= 4 is 0 Å². The number of nitrogens with one attached hydrogen (secondary N) is 1. The smallest absolute Gasteiger partial charge is 0.321 e. The van der Waals surface area contributed by atoms with Gasteiger partial charge in [-0.3, -0.25) is 0 Å². The summed E-state index contributed by atoms with van der Waals surface area (Å²) in [7, 11) is 1.77. The molecule has 0 atom stereocenters. The average molecular weight is 151 g/mol. The Labute approximate surface area is 58.6 Å². The molecule has 1 saturated carbocycles. The van der Waals surface area contributed by atoms with E-state index in [-0.39, 0.29) is 12.1 Å². The molecule has 1 aliphatic rings. The second-order valence-electron chi connectivity index (χ2n) is 2.60. The zero-order valence-electron chi connectivity index (χ0n) is 5.86. The third kappa shape index (κ3) is 1.88. The molecule has 10 heavy (non-hydrogen) atoms. The summed E-state index contributed by atoms with van der Waals surface area (Å²) in [6, 6.07) is 0. The zero-order chi connectivity index (χ0) is 7.61. The predicted molar refractivity (Wildman–Crippen MR) is 33.0 cm³/mol. The molecule has 60 valence electrons. The van der Waals surface area contributed by atoms with Crippen LogP contribution in [0, 0.1) is 0 Å². The number of likely N-dealkylation sites (N-methyl/N-ethyl adjacent to an activating group) is 1. The molecule has 0 bridgehead atoms. The Kier molecular flexibility index (Phi) is 2.21. The van der Waals surface area contributed by atoms with Gasteiger partial charge in [0.2, 0.25) is 0 Å². The molecule has 1 N–H and O–H groups in total. The number of hydrogen-bond donors (Lipinski definition) is 1. The van der Waals surface area contributed by atoms with E-state index < -0.39 is 6.61 Å². The first-order chi connectivity index (χ1) is 4.68. The molecule has 4 heteroatoms. The molecule has 0 aromatic carbocycles. The monoisotopic (exact) mass is 151 g/mol. The van der Waals surface area contributed by atoms with Crippen LogP contribution < -0.4 is 5.32 Å². The van der Waals surface area contributed by atoms with Crippen LogP contribution in [0.15, 0.2) is 0 Å². The molecule has 0 aliphatic heterocycles. The van der Waals surface area contributed by atoms with Crippen molar-refractivity contribution in [1.82, 2.24) is 5.32 Å². The Bertz CT molecular complexity index is 114. The van der Waals surface area contributed by atoms with Crippen molar-refractivity contribution < 1.29 is 13.5 Å². The quantitative estimate of drug-likeness (QED) is 0.646. The summed E-state index contributed by atoms with van der Waals surface area (Å²) in [5.74, 6) is 0. The molecule has 0 unspecified atom stereocenters. The fraction of sp³-hybridized carbons (Fsp3) is 1.00. The minimum atomic E-state index is -2.63. The van der Waals surface area contributed by atoms with Gasteiger partial charge in [0.25, 0.3) is 0 Å². The average Bonchev–Trinajstić information content (AvgIpc) is 2.64. The number of halogens is 2. The number of rotatable bonds is 4. The minimum Gasteiger partial charge on any atom is -0.321 e. The van der Waals surface area contributed by atoms with Crippen LogP contribution >= 0.6 is 0 Å². The standard InChI is InChI=1S/C6H11F2NO/c1-9-6(2-3-6)4-10-5(7)8/h5,9H,2-4H2,1H3. The molecule has 2 nitrogen and oxygen atoms in total. The van der Waals surface area contributed by atoms with E-state index in [2.05, 4.69) is 10.1 Å². The molecular weight excluding hydrogens is 140 g/mol. The normalized spacial score (nSPS) is 21.6. The van der Waals surface area contributed by atoms with Crippen molar-refractivity contribution in [3.05, 3.63) is 0 Å². The van der Waals surface area contributed by atoms with E-state index in [4.69, 9.17) is 0 Å². The first kappa shape index (κ1) is 7.88. The summed E-state index contributed by atoms with van der Waals surface area (Å²) in [5.41, 5.74) is -0.129. The largest absolute Gasteiger partial charge is 0.345 e. The highest BCUT2D eigenvalue weighted by molar-refractivity contribution is 5.00. The molecule has 1 aliphatic carbocycles. The third-order valence-electron chi connectivity index (χ3n) is 1.87. The fourth-order valence-electron chi connectivity index (χ4n) is 0.840. The Morgan fingerprint density at radius 3 is 2.50 bits per heavy atom. The Morgan fingerprint density at radius 1 is 1.60 bits per heavy atom. The molecular formula is C6H11F2NO. The maximum atomic E-state index is 11.5. The van der Waals surface area contributed by atoms with Crippen molar-refractivity contribution in [3.63, 3.8) is 0 Å². The third-order valence-corrected chi connectivity index (χ3v) is 1.87. The van der Waals surface area contributed by atoms with E-state index in [1.807, 2.05) is 0 Å². The van der Waals surface area contributed by atoms with Crippen molar-refractivity contribution in [2.75, 3.05) is 13.7 Å². The van der Waals surface area contributed by atoms with Gasteiger partial charge >= 0.3 is 6.61 Å². The van der Waals surface area contributed by atoms with Crippen LogP contribution in [0.4, 0.5) is 8.78 Å². The topological polar surface area (TPSA) is 21.3 Å². The van der Waals surface area contributed by atoms with Crippen LogP contribution in [-0.4, -0.2) is 25.8 Å². The van der Waals surface area contributed by atoms with Crippen LogP contribution in [0.2, 0.25) is 0 Å². The molecule has 0 aromatic heterocycles. The maximum absolute atomic E-state index is 11.5. The molecule has 0 aromatic rings. The highest BCUT2D eigenvalue weighted by Crippen LogP contribution is 2.35. The van der Waals surface area contributed by atoms with Gasteiger partial charge in [0.05, 0.1) is 6.61 Å². The molecule has 1 rings (SSSR count). The van der Waals surface area contributed by atoms with Crippen molar-refractivity contribution in [2.24, 2.45) is 0 Å². The summed E-state index contributed by atoms with van der Waals surface area (Å²) in [4.78, 5) is 0. The first-order valence-corrected chi connectivity index (χ1v) is 3.27. The molecule has 0 heterocycles. The predicted octanol–water partition coefficient (Wildman–Crippen LogP) is 0.978. The van der Waals surface area contributed by atoms with Crippen LogP contribution in [0.5, 0.6) is 0 Å². The zero-order valence-corrected chi connectivity index (χ0v) is 5.86. The van der Waals surface area contributed by atoms with Gasteiger partial charge in [-0.1, -0.05) is 0 Å². The second kappa shape index (κ2) is 2.80. The van der Waals surface area contributed by atoms with Crippen molar-refractivity contribution in [1.29, 1.82) is 0 Å². The van der Waals surface area contributed by atoms with Gasteiger partial charge in [0, 0.05) is 5.54 Å². The Balaban J connectivity index is 2.13. The SMILES string of the molecule is CNC1(COC(F)F)CC1. The maximum Gasteiger partial charge on any atom is 0.345 e. The van der Waals surface area contributed by atoms with Crippen molar-refractivity contribution in [3.8, 4) is 0 Å². The van der Waals surface area contributed by atoms with Gasteiger partial charge in [-0.05, 0) is 19.9 Å². The van der Waals surface area contributed by atoms with E-state index in [1.54, 1.807) is 7.05 Å². The summed E-state index contributed by atoms with van der Waals surface area (Å²) < 4.78 is 27.1. The molecule has 0 spiro atoms. The first-order valence-electron chi connectivity index (χ1n) is 3.27. The lowest BCUT2D eigenvalue weighted by Crippen LogP contribution is -2.33. The second-order valence-corrected chi connectivity index (χ2v) is 2.60. The number of ether oxygens (including phenoxy) is 1. The van der Waals surface area contributed by atoms with Gasteiger partial charge in [-0.15, -0.1) is 0 Å². The highest BCUT2D eigenvalue weighted by atomic mass is 19.3. The van der Waals surface area contributed by atoms with Crippen molar-refractivity contribution in [2.45, 2.75) is 25.0 Å². The Hall–Kier alpha value is -0.220. The van der Waals surface area contributed by atoms with E-state index >= 15 is 0 Å². The van der Waals surface area contributed by atoms with Gasteiger partial charge in [-0.2, -0.15) is 8.78 Å². The van der Waals surface area contributed by atoms with E-state index in [0.29, 0.717) is 0 Å². The fourth-order valence-corrected chi connectivity index (χ4v) is 0.840. The minimum absolute atomic E-state index is 0.126. The van der Waals surface area contributed by atoms with E-state index in [9.17, 15) is 8.78 Å². The van der Waals surface area contributed by atoms with Gasteiger partial charge < -0.3 is 10.1 Å². The van der Waals surface area contributed by atoms with Crippen LogP contribution in [0.3, 0.4) is 0 Å². The van der Waals surface area contributed by atoms with E-state index in [0.717, 1.165) is 12.8 Å². The lowest BCUT2D eigenvalue weighted by molar-refractivity contribution is -0.135. The number of alkyl halides is 2. The van der Waals surface area contributed by atoms with Gasteiger partial charge in [-0.25, -0.2) is 0 Å². The van der Waals surface area contributed by atoms with Crippen LogP contribution in [0.25, 0.3) is 0 Å². The Morgan fingerprint density at radius 2 is 2.20 bits per heavy atom. The molecule has 0 radical (unpaired) electrons. The van der Waals surface area contributed by atoms with E-state index in [1.165, 1.54) is 0 Å². The van der Waals surface area contributed by atoms with Gasteiger partial charge in [0.1, 0.15) is 0 Å². The molecule has 0 saturated heterocycles. The number of hydrogen-bond acceptors (Lipinski definition) is 2. The lowest BCUT2D eigenvalue weighted by Gasteiger charge is -2.12. The summed E-state index contributed by atoms with van der Waals surface area (Å²) in [6.45, 7) is -2.51. The summed E-state index contributed by atoms with van der Waals surface area (Å²) >= 11 is 0. The van der Waals surface area contributed by atoms with Crippen LogP contribution in [-0.2, 0) is 4.74 Å². The lowest BCUT2D eigenvalue weighted by atomic mass is 10.3. The molecule has 0 amide bonds. The van der Waals surface area contributed by atoms with Gasteiger partial charge in [0.15, 0.2) is 0 Å². The highest BCUT2D eigenvalue weighted by Gasteiger charge is 2.41. The summed E-state index contributed by atoms with van der Waals surface area (Å²) in [5, 5.41) is 2.95.